The van der Waals surface area contributed by atoms with Crippen molar-refractivity contribution in [2.45, 2.75) is 38.8 Å². The maximum Gasteiger partial charge on any atom is 0.410 e. The van der Waals surface area contributed by atoms with Crippen molar-refractivity contribution in [2.24, 2.45) is 4.99 Å². The van der Waals surface area contributed by atoms with Crippen LogP contribution in [0.15, 0.2) is 47.5 Å². The molecule has 1 aliphatic heterocycles. The second-order valence-corrected chi connectivity index (χ2v) is 8.94. The van der Waals surface area contributed by atoms with E-state index in [1.54, 1.807) is 17.2 Å². The molecule has 0 spiro atoms. The second kappa shape index (κ2) is 8.53. The quantitative estimate of drug-likeness (QED) is 0.489. The van der Waals surface area contributed by atoms with Crippen molar-refractivity contribution in [1.29, 1.82) is 0 Å². The van der Waals surface area contributed by atoms with Gasteiger partial charge in [0.2, 0.25) is 0 Å². The van der Waals surface area contributed by atoms with Gasteiger partial charge in [-0.2, -0.15) is 0 Å². The van der Waals surface area contributed by atoms with E-state index in [9.17, 15) is 14.3 Å². The zero-order valence-electron chi connectivity index (χ0n) is 18.4. The number of aromatic hydroxyl groups is 1. The minimum atomic E-state index is -0.501. The van der Waals surface area contributed by atoms with Crippen molar-refractivity contribution in [3.63, 3.8) is 0 Å². The average molecular weight is 439 g/mol. The van der Waals surface area contributed by atoms with Crippen LogP contribution in [0.1, 0.15) is 32.8 Å². The van der Waals surface area contributed by atoms with Crippen molar-refractivity contribution in [3.05, 3.63) is 53.8 Å². The summed E-state index contributed by atoms with van der Waals surface area (Å²) in [6.07, 6.45) is 2.12. The molecule has 1 aliphatic rings. The van der Waals surface area contributed by atoms with Gasteiger partial charge < -0.3 is 25.0 Å². The van der Waals surface area contributed by atoms with E-state index in [0.29, 0.717) is 35.2 Å². The smallest absolute Gasteiger partial charge is 0.410 e. The molecule has 0 aliphatic carbocycles. The lowest BCUT2D eigenvalue weighted by molar-refractivity contribution is 0.0293. The van der Waals surface area contributed by atoms with E-state index in [0.717, 1.165) is 12.1 Å². The predicted molar refractivity (Wildman–Crippen MR) is 123 cm³/mol. The van der Waals surface area contributed by atoms with Gasteiger partial charge in [-0.25, -0.2) is 9.18 Å². The number of nitrogens with zero attached hydrogens (tertiary/aromatic N) is 2. The number of rotatable bonds is 4. The number of H-pyrrole nitrogens is 1. The summed E-state index contributed by atoms with van der Waals surface area (Å²) in [5, 5.41) is 14.3. The molecule has 32 heavy (non-hydrogen) atoms. The van der Waals surface area contributed by atoms with Gasteiger partial charge in [0, 0.05) is 36.4 Å². The van der Waals surface area contributed by atoms with Gasteiger partial charge in [-0.05, 0) is 69.7 Å². The zero-order valence-corrected chi connectivity index (χ0v) is 18.4. The van der Waals surface area contributed by atoms with Gasteiger partial charge in [-0.15, -0.1) is 0 Å². The Morgan fingerprint density at radius 2 is 2.03 bits per heavy atom. The van der Waals surface area contributed by atoms with Crippen LogP contribution in [0, 0.1) is 5.82 Å². The van der Waals surface area contributed by atoms with Gasteiger partial charge in [0.1, 0.15) is 11.4 Å². The van der Waals surface area contributed by atoms with Crippen LogP contribution in [-0.2, 0) is 4.74 Å². The van der Waals surface area contributed by atoms with E-state index in [1.165, 1.54) is 12.1 Å². The van der Waals surface area contributed by atoms with Crippen LogP contribution >= 0.6 is 0 Å². The van der Waals surface area contributed by atoms with Gasteiger partial charge in [-0.3, -0.25) is 4.99 Å². The lowest BCUT2D eigenvalue weighted by atomic mass is 10.2. The highest BCUT2D eigenvalue weighted by molar-refractivity contribution is 6.02. The molecule has 7 nitrogen and oxygen atoms in total. The number of aliphatic imine (C=N–C) groups is 1. The van der Waals surface area contributed by atoms with Crippen LogP contribution in [0.3, 0.4) is 0 Å². The number of fused-ring (bicyclic) bond motifs is 1. The van der Waals surface area contributed by atoms with Crippen molar-refractivity contribution in [2.75, 3.05) is 18.4 Å². The third-order valence-corrected chi connectivity index (χ3v) is 5.20. The summed E-state index contributed by atoms with van der Waals surface area (Å²) in [7, 11) is 0. The summed E-state index contributed by atoms with van der Waals surface area (Å²) in [5.41, 5.74) is 2.17. The standard InChI is InChI=1S/C24H27FN4O3/c1-24(2,3)32-23(31)29-11-10-18(14-29)27-17-7-5-16(6-8-17)26-13-20-19-9-4-15(25)12-21(19)28-22(20)30/h4-9,12-13,18,27-28,30H,10-11,14H2,1-3H3. The maximum atomic E-state index is 13.4. The van der Waals surface area contributed by atoms with Crippen molar-refractivity contribution in [1.82, 2.24) is 9.88 Å². The number of anilines is 1. The molecular weight excluding hydrogens is 411 g/mol. The Hall–Kier alpha value is -3.55. The fraction of sp³-hybridized carbons (Fsp3) is 0.333. The molecule has 1 fully saturated rings. The van der Waals surface area contributed by atoms with Crippen LogP contribution < -0.4 is 5.32 Å². The molecule has 4 rings (SSSR count). The molecule has 3 N–H and O–H groups in total. The molecular formula is C24H27FN4O3. The zero-order chi connectivity index (χ0) is 22.9. The van der Waals surface area contributed by atoms with E-state index < -0.39 is 5.60 Å². The number of amides is 1. The highest BCUT2D eigenvalue weighted by atomic mass is 19.1. The number of halogens is 1. The molecule has 168 valence electrons. The van der Waals surface area contributed by atoms with Gasteiger partial charge in [-0.1, -0.05) is 0 Å². The van der Waals surface area contributed by atoms with E-state index in [-0.39, 0.29) is 23.8 Å². The Kier molecular flexibility index (Phi) is 5.78. The van der Waals surface area contributed by atoms with Gasteiger partial charge >= 0.3 is 6.09 Å². The molecule has 0 saturated carbocycles. The molecule has 1 atom stereocenters. The lowest BCUT2D eigenvalue weighted by Crippen LogP contribution is -2.36. The first kappa shape index (κ1) is 21.7. The molecule has 2 aromatic carbocycles. The highest BCUT2D eigenvalue weighted by Crippen LogP contribution is 2.27. The predicted octanol–water partition coefficient (Wildman–Crippen LogP) is 5.18. The van der Waals surface area contributed by atoms with Crippen LogP contribution in [0.4, 0.5) is 20.6 Å². The summed E-state index contributed by atoms with van der Waals surface area (Å²) < 4.78 is 18.8. The minimum Gasteiger partial charge on any atom is -0.494 e. The number of ether oxygens (including phenoxy) is 1. The van der Waals surface area contributed by atoms with Crippen LogP contribution in [0.2, 0.25) is 0 Å². The Bertz CT molecular complexity index is 1150. The average Bonchev–Trinajstić information content (AvgIpc) is 3.30. The number of aromatic nitrogens is 1. The Morgan fingerprint density at radius 3 is 2.75 bits per heavy atom. The third-order valence-electron chi connectivity index (χ3n) is 5.20. The lowest BCUT2D eigenvalue weighted by Gasteiger charge is -2.24. The number of carbonyl (C=O) groups excluding carboxylic acids is 1. The Labute approximate surface area is 185 Å². The number of likely N-dealkylation sites (tertiary alicyclic amines) is 1. The highest BCUT2D eigenvalue weighted by Gasteiger charge is 2.29. The van der Waals surface area contributed by atoms with Gasteiger partial charge in [0.15, 0.2) is 5.88 Å². The summed E-state index contributed by atoms with van der Waals surface area (Å²) >= 11 is 0. The van der Waals surface area contributed by atoms with Crippen molar-refractivity contribution in [3.8, 4) is 5.88 Å². The normalized spacial score (nSPS) is 16.8. The molecule has 2 heterocycles. The largest absolute Gasteiger partial charge is 0.494 e. The number of hydrogen-bond donors (Lipinski definition) is 3. The first-order valence-electron chi connectivity index (χ1n) is 10.6. The number of hydrogen-bond acceptors (Lipinski definition) is 5. The fourth-order valence-electron chi connectivity index (χ4n) is 3.70. The van der Waals surface area contributed by atoms with Crippen LogP contribution in [0.25, 0.3) is 10.9 Å². The Balaban J connectivity index is 1.37. The molecule has 1 aromatic heterocycles. The summed E-state index contributed by atoms with van der Waals surface area (Å²) in [5.74, 6) is -0.426. The SMILES string of the molecule is CC(C)(C)OC(=O)N1CCC(Nc2ccc(N=Cc3c(O)[nH]c4cc(F)ccc34)cc2)C1. The molecule has 0 radical (unpaired) electrons. The van der Waals surface area contributed by atoms with E-state index >= 15 is 0 Å². The second-order valence-electron chi connectivity index (χ2n) is 8.94. The molecule has 1 saturated heterocycles. The summed E-state index contributed by atoms with van der Waals surface area (Å²) in [4.78, 5) is 21.1. The first-order chi connectivity index (χ1) is 15.2. The molecule has 3 aromatic rings. The number of nitrogens with one attached hydrogen (secondary N) is 2. The van der Waals surface area contributed by atoms with Crippen LogP contribution in [0.5, 0.6) is 5.88 Å². The fourth-order valence-corrected chi connectivity index (χ4v) is 3.70. The topological polar surface area (TPSA) is 89.9 Å². The maximum absolute atomic E-state index is 13.4. The van der Waals surface area contributed by atoms with Crippen molar-refractivity contribution < 1.29 is 19.0 Å². The van der Waals surface area contributed by atoms with Gasteiger partial charge in [0.25, 0.3) is 0 Å². The number of aromatic amines is 1. The van der Waals surface area contributed by atoms with Crippen LogP contribution in [-0.4, -0.2) is 52.0 Å². The Morgan fingerprint density at radius 1 is 1.28 bits per heavy atom. The van der Waals surface area contributed by atoms with Gasteiger partial charge in [0.05, 0.1) is 16.8 Å². The summed E-state index contributed by atoms with van der Waals surface area (Å²) in [6.45, 7) is 6.84. The molecule has 8 heteroatoms. The monoisotopic (exact) mass is 438 g/mol. The summed E-state index contributed by atoms with van der Waals surface area (Å²) in [6, 6.07) is 12.0. The van der Waals surface area contributed by atoms with E-state index in [4.69, 9.17) is 4.74 Å². The molecule has 1 amide bonds. The molecule has 1 unspecified atom stereocenters. The minimum absolute atomic E-state index is 0.0524. The van der Waals surface area contributed by atoms with E-state index in [2.05, 4.69) is 15.3 Å². The first-order valence-corrected chi connectivity index (χ1v) is 10.6. The number of carbonyl (C=O) groups is 1. The molecule has 0 bridgehead atoms. The number of benzene rings is 2. The third kappa shape index (κ3) is 5.01. The van der Waals surface area contributed by atoms with E-state index in [1.807, 2.05) is 45.0 Å². The van der Waals surface area contributed by atoms with Crippen molar-refractivity contribution >= 4 is 34.6 Å².